The Labute approximate surface area is 178 Å². The van der Waals surface area contributed by atoms with Crippen LogP contribution in [0.4, 0.5) is 5.82 Å². The Kier molecular flexibility index (Phi) is 6.54. The number of carbonyl (C=O) groups is 2. The third-order valence-electron chi connectivity index (χ3n) is 5.07. The number of esters is 1. The smallest absolute Gasteiger partial charge is 0.308 e. The fraction of sp³-hybridized carbons (Fsp3) is 0.550. The number of nitrogens with one attached hydrogen (secondary N) is 1. The molecule has 3 N–H and O–H groups in total. The first-order chi connectivity index (χ1) is 14.8. The second-order valence-corrected chi connectivity index (χ2v) is 7.61. The Morgan fingerprint density at radius 2 is 2.19 bits per heavy atom. The number of nitrogens with zero attached hydrogens (tertiary/aromatic N) is 4. The van der Waals surface area contributed by atoms with Crippen molar-refractivity contribution in [3.05, 3.63) is 24.2 Å². The first-order valence-electron chi connectivity index (χ1n) is 10.0. The van der Waals surface area contributed by atoms with E-state index < -0.39 is 42.4 Å². The molecule has 1 aliphatic rings. The van der Waals surface area contributed by atoms with E-state index in [1.165, 1.54) is 16.9 Å². The summed E-state index contributed by atoms with van der Waals surface area (Å²) in [6, 6.07) is 5.04. The molecule has 4 atom stereocenters. The number of carbonyl (C=O) groups excluding carboxylic acids is 2. The molecule has 3 heterocycles. The van der Waals surface area contributed by atoms with E-state index in [0.717, 1.165) is 0 Å². The molecule has 1 saturated heterocycles. The van der Waals surface area contributed by atoms with Gasteiger partial charge in [0.2, 0.25) is 11.5 Å². The molecular weight excluding hydrogens is 406 g/mol. The average molecular weight is 431 g/mol. The lowest BCUT2D eigenvalue weighted by molar-refractivity contribution is -0.160. The van der Waals surface area contributed by atoms with Crippen molar-refractivity contribution in [1.29, 1.82) is 5.26 Å². The van der Waals surface area contributed by atoms with E-state index in [4.69, 9.17) is 9.47 Å². The van der Waals surface area contributed by atoms with Crippen molar-refractivity contribution < 1.29 is 29.3 Å². The van der Waals surface area contributed by atoms with Gasteiger partial charge in [0.25, 0.3) is 0 Å². The molecule has 2 aromatic rings. The summed E-state index contributed by atoms with van der Waals surface area (Å²) in [5.41, 5.74) is -1.44. The van der Waals surface area contributed by atoms with Gasteiger partial charge in [-0.05, 0) is 18.6 Å². The van der Waals surface area contributed by atoms with Gasteiger partial charge in [0.15, 0.2) is 11.9 Å². The third kappa shape index (κ3) is 3.97. The highest BCUT2D eigenvalue weighted by Gasteiger charge is 2.59. The monoisotopic (exact) mass is 431 g/mol. The Hall–Kier alpha value is -3.07. The van der Waals surface area contributed by atoms with E-state index >= 15 is 0 Å². The number of anilines is 1. The summed E-state index contributed by atoms with van der Waals surface area (Å²) in [5.74, 6) is -1.05. The van der Waals surface area contributed by atoms with Crippen LogP contribution in [0.5, 0.6) is 0 Å². The third-order valence-corrected chi connectivity index (χ3v) is 5.07. The maximum absolute atomic E-state index is 12.1. The molecule has 3 rings (SSSR count). The van der Waals surface area contributed by atoms with Crippen LogP contribution in [-0.2, 0) is 24.7 Å². The lowest BCUT2D eigenvalue weighted by Crippen LogP contribution is -2.43. The van der Waals surface area contributed by atoms with Gasteiger partial charge in [0.05, 0.1) is 18.2 Å². The molecule has 0 saturated carbocycles. The maximum Gasteiger partial charge on any atom is 0.308 e. The highest BCUT2D eigenvalue weighted by atomic mass is 16.6. The summed E-state index contributed by atoms with van der Waals surface area (Å²) in [6.07, 6.45) is -1.79. The van der Waals surface area contributed by atoms with Crippen molar-refractivity contribution in [2.45, 2.75) is 57.5 Å². The summed E-state index contributed by atoms with van der Waals surface area (Å²) in [5, 5.41) is 37.5. The van der Waals surface area contributed by atoms with Gasteiger partial charge in [-0.1, -0.05) is 20.8 Å². The maximum atomic E-state index is 12.1. The second kappa shape index (κ2) is 8.97. The molecule has 0 aromatic carbocycles. The van der Waals surface area contributed by atoms with Gasteiger partial charge >= 0.3 is 5.97 Å². The van der Waals surface area contributed by atoms with Crippen LogP contribution in [0.1, 0.15) is 39.3 Å². The number of fused-ring (bicyclic) bond motifs is 1. The number of ether oxygens (including phenoxy) is 2. The van der Waals surface area contributed by atoms with Crippen molar-refractivity contribution in [3.8, 4) is 6.07 Å². The van der Waals surface area contributed by atoms with Crippen LogP contribution in [0.2, 0.25) is 0 Å². The lowest BCUT2D eigenvalue weighted by atomic mass is 9.92. The number of amides is 1. The number of aliphatic hydroxyl groups excluding tert-OH is 2. The van der Waals surface area contributed by atoms with E-state index in [-0.39, 0.29) is 17.4 Å². The minimum atomic E-state index is -1.97. The molecule has 1 fully saturated rings. The van der Waals surface area contributed by atoms with E-state index in [1.807, 2.05) is 13.0 Å². The van der Waals surface area contributed by atoms with E-state index in [2.05, 4.69) is 15.4 Å². The number of nitriles is 1. The Morgan fingerprint density at radius 1 is 1.45 bits per heavy atom. The summed E-state index contributed by atoms with van der Waals surface area (Å²) in [6.45, 7) is 4.55. The first kappa shape index (κ1) is 22.6. The molecule has 11 nitrogen and oxygen atoms in total. The fourth-order valence-electron chi connectivity index (χ4n) is 3.46. The summed E-state index contributed by atoms with van der Waals surface area (Å²) < 4.78 is 12.4. The molecular formula is C20H25N5O6. The zero-order chi connectivity index (χ0) is 22.8. The topological polar surface area (TPSA) is 159 Å². The van der Waals surface area contributed by atoms with Gasteiger partial charge in [-0.25, -0.2) is 9.50 Å². The number of rotatable bonds is 7. The van der Waals surface area contributed by atoms with Crippen molar-refractivity contribution >= 4 is 23.2 Å². The van der Waals surface area contributed by atoms with Gasteiger partial charge in [0, 0.05) is 6.42 Å². The molecule has 2 aromatic heterocycles. The van der Waals surface area contributed by atoms with Crippen LogP contribution in [0.15, 0.2) is 18.5 Å². The molecule has 0 spiro atoms. The van der Waals surface area contributed by atoms with Crippen LogP contribution in [-0.4, -0.2) is 61.6 Å². The largest absolute Gasteiger partial charge is 0.456 e. The van der Waals surface area contributed by atoms with Crippen LogP contribution in [0, 0.1) is 17.2 Å². The summed E-state index contributed by atoms with van der Waals surface area (Å²) in [4.78, 5) is 28.2. The van der Waals surface area contributed by atoms with E-state index in [1.54, 1.807) is 19.9 Å². The second-order valence-electron chi connectivity index (χ2n) is 7.61. The standard InChI is InChI=1S/C20H25N5O6/c1-4-5-15(27)24-18-12-6-7-14(25(12)23-10-22-18)20(9-21)17(28)16(13(8-26)31-20)30-19(29)11(2)3/h6-7,10-11,13,16-17,26,28H,4-5,8H2,1-3H3,(H,22,23,24,27)/t13-,16-,17-,20+/m1/s1. The molecule has 11 heteroatoms. The molecule has 31 heavy (non-hydrogen) atoms. The highest BCUT2D eigenvalue weighted by Crippen LogP contribution is 2.41. The summed E-state index contributed by atoms with van der Waals surface area (Å²) >= 11 is 0. The molecule has 1 aliphatic heterocycles. The predicted octanol–water partition coefficient (Wildman–Crippen LogP) is 0.507. The Bertz CT molecular complexity index is 1020. The zero-order valence-electron chi connectivity index (χ0n) is 17.5. The molecule has 0 aliphatic carbocycles. The van der Waals surface area contributed by atoms with Crippen LogP contribution in [0.3, 0.4) is 0 Å². The molecule has 166 valence electrons. The van der Waals surface area contributed by atoms with Crippen molar-refractivity contribution in [2.75, 3.05) is 11.9 Å². The SMILES string of the molecule is CCCC(=O)Nc1ncnn2c([C@]3(C#N)O[C@H](CO)[C@@H](OC(=O)C(C)C)[C@H]3O)ccc12. The van der Waals surface area contributed by atoms with Crippen molar-refractivity contribution in [3.63, 3.8) is 0 Å². The predicted molar refractivity (Wildman–Crippen MR) is 106 cm³/mol. The first-order valence-corrected chi connectivity index (χ1v) is 10.0. The van der Waals surface area contributed by atoms with Crippen LogP contribution < -0.4 is 5.32 Å². The number of aliphatic hydroxyl groups is 2. The van der Waals surface area contributed by atoms with E-state index in [0.29, 0.717) is 18.4 Å². The molecule has 1 amide bonds. The summed E-state index contributed by atoms with van der Waals surface area (Å²) in [7, 11) is 0. The van der Waals surface area contributed by atoms with Crippen molar-refractivity contribution in [1.82, 2.24) is 14.6 Å². The van der Waals surface area contributed by atoms with E-state index in [9.17, 15) is 25.1 Å². The average Bonchev–Trinajstić information content (AvgIpc) is 3.29. The highest BCUT2D eigenvalue weighted by molar-refractivity contribution is 5.93. The lowest BCUT2D eigenvalue weighted by Gasteiger charge is -2.25. The van der Waals surface area contributed by atoms with Gasteiger partial charge < -0.3 is 25.0 Å². The normalized spacial score (nSPS) is 25.5. The van der Waals surface area contributed by atoms with Crippen LogP contribution >= 0.6 is 0 Å². The number of hydrogen-bond acceptors (Lipinski definition) is 9. The Balaban J connectivity index is 2.03. The van der Waals surface area contributed by atoms with Gasteiger partial charge in [-0.3, -0.25) is 9.59 Å². The Morgan fingerprint density at radius 3 is 2.81 bits per heavy atom. The zero-order valence-corrected chi connectivity index (χ0v) is 17.5. The van der Waals surface area contributed by atoms with Gasteiger partial charge in [-0.15, -0.1) is 0 Å². The van der Waals surface area contributed by atoms with Crippen molar-refractivity contribution in [2.24, 2.45) is 5.92 Å². The minimum Gasteiger partial charge on any atom is -0.456 e. The number of hydrogen-bond donors (Lipinski definition) is 3. The number of aromatic nitrogens is 3. The van der Waals surface area contributed by atoms with Crippen LogP contribution in [0.25, 0.3) is 5.52 Å². The molecule has 0 bridgehead atoms. The minimum absolute atomic E-state index is 0.146. The molecule has 0 unspecified atom stereocenters. The quantitative estimate of drug-likeness (QED) is 0.531. The van der Waals surface area contributed by atoms with Gasteiger partial charge in [0.1, 0.15) is 30.1 Å². The van der Waals surface area contributed by atoms with Gasteiger partial charge in [-0.2, -0.15) is 10.4 Å². The fourth-order valence-corrected chi connectivity index (χ4v) is 3.46. The molecule has 0 radical (unpaired) electrons.